The predicted octanol–water partition coefficient (Wildman–Crippen LogP) is 2.55. The van der Waals surface area contributed by atoms with E-state index in [0.717, 1.165) is 12.0 Å². The van der Waals surface area contributed by atoms with E-state index in [9.17, 15) is 4.79 Å². The van der Waals surface area contributed by atoms with Gasteiger partial charge in [0.2, 0.25) is 5.75 Å². The van der Waals surface area contributed by atoms with Crippen molar-refractivity contribution in [2.24, 2.45) is 0 Å². The van der Waals surface area contributed by atoms with E-state index in [2.05, 4.69) is 0 Å². The molecular weight excluding hydrogens is 232 g/mol. The number of ether oxygens (including phenoxy) is 3. The summed E-state index contributed by atoms with van der Waals surface area (Å²) < 4.78 is 15.9. The van der Waals surface area contributed by atoms with Crippen LogP contribution in [-0.2, 0) is 4.79 Å². The first-order valence-corrected chi connectivity index (χ1v) is 6.01. The first-order chi connectivity index (χ1) is 8.69. The molecule has 2 rings (SSSR count). The van der Waals surface area contributed by atoms with E-state index >= 15 is 0 Å². The van der Waals surface area contributed by atoms with E-state index in [1.165, 1.54) is 0 Å². The third-order valence-corrected chi connectivity index (χ3v) is 3.40. The van der Waals surface area contributed by atoms with Gasteiger partial charge in [0.05, 0.1) is 21.3 Å². The van der Waals surface area contributed by atoms with Gasteiger partial charge < -0.3 is 14.2 Å². The number of rotatable bonds is 4. The van der Waals surface area contributed by atoms with Crippen molar-refractivity contribution >= 4 is 5.78 Å². The second-order valence-corrected chi connectivity index (χ2v) is 4.44. The topological polar surface area (TPSA) is 44.8 Å². The van der Waals surface area contributed by atoms with E-state index in [-0.39, 0.29) is 5.92 Å². The minimum absolute atomic E-state index is 0.270. The third-order valence-electron chi connectivity index (χ3n) is 3.40. The van der Waals surface area contributed by atoms with Crippen molar-refractivity contribution in [3.05, 3.63) is 17.7 Å². The largest absolute Gasteiger partial charge is 0.493 e. The lowest BCUT2D eigenvalue weighted by atomic mass is 9.97. The summed E-state index contributed by atoms with van der Waals surface area (Å²) in [5.74, 6) is 2.48. The second kappa shape index (κ2) is 5.29. The number of ketones is 1. The molecule has 0 amide bonds. The van der Waals surface area contributed by atoms with E-state index in [1.54, 1.807) is 21.3 Å². The molecule has 1 aliphatic carbocycles. The fourth-order valence-electron chi connectivity index (χ4n) is 2.44. The number of hydrogen-bond acceptors (Lipinski definition) is 4. The molecule has 4 nitrogen and oxygen atoms in total. The number of carbonyl (C=O) groups excluding carboxylic acids is 1. The van der Waals surface area contributed by atoms with Gasteiger partial charge in [-0.05, 0) is 30.0 Å². The van der Waals surface area contributed by atoms with Gasteiger partial charge in [0.25, 0.3) is 0 Å². The van der Waals surface area contributed by atoms with Crippen LogP contribution in [0.4, 0.5) is 0 Å². The van der Waals surface area contributed by atoms with Crippen LogP contribution in [0.15, 0.2) is 12.1 Å². The van der Waals surface area contributed by atoms with Crippen LogP contribution >= 0.6 is 0 Å². The zero-order valence-corrected chi connectivity index (χ0v) is 11.0. The molecule has 1 saturated carbocycles. The normalized spacial score (nSPS) is 18.8. The van der Waals surface area contributed by atoms with Crippen molar-refractivity contribution in [3.8, 4) is 17.2 Å². The zero-order valence-electron chi connectivity index (χ0n) is 11.0. The van der Waals surface area contributed by atoms with Gasteiger partial charge in [0, 0.05) is 12.8 Å². The Kier molecular flexibility index (Phi) is 3.75. The van der Waals surface area contributed by atoms with Gasteiger partial charge in [-0.25, -0.2) is 0 Å². The number of benzene rings is 1. The maximum absolute atomic E-state index is 11.4. The lowest BCUT2D eigenvalue weighted by molar-refractivity contribution is -0.117. The maximum atomic E-state index is 11.4. The molecule has 1 aromatic rings. The molecule has 1 aromatic carbocycles. The minimum atomic E-state index is 0.270. The molecule has 0 bridgehead atoms. The lowest BCUT2D eigenvalue weighted by Crippen LogP contribution is -2.00. The highest BCUT2D eigenvalue weighted by molar-refractivity contribution is 5.81. The van der Waals surface area contributed by atoms with E-state index in [0.29, 0.717) is 35.9 Å². The van der Waals surface area contributed by atoms with Crippen LogP contribution in [0, 0.1) is 0 Å². The Labute approximate surface area is 107 Å². The summed E-state index contributed by atoms with van der Waals surface area (Å²) in [6.07, 6.45) is 2.18. The van der Waals surface area contributed by atoms with Gasteiger partial charge >= 0.3 is 0 Å². The van der Waals surface area contributed by atoms with Crippen molar-refractivity contribution in [2.75, 3.05) is 21.3 Å². The third kappa shape index (κ3) is 2.28. The summed E-state index contributed by atoms with van der Waals surface area (Å²) in [4.78, 5) is 11.4. The van der Waals surface area contributed by atoms with Gasteiger partial charge in [-0.2, -0.15) is 0 Å². The minimum Gasteiger partial charge on any atom is -0.493 e. The van der Waals surface area contributed by atoms with Crippen molar-refractivity contribution < 1.29 is 19.0 Å². The van der Waals surface area contributed by atoms with E-state index in [4.69, 9.17) is 14.2 Å². The molecule has 0 aromatic heterocycles. The van der Waals surface area contributed by atoms with E-state index in [1.807, 2.05) is 12.1 Å². The van der Waals surface area contributed by atoms with Gasteiger partial charge in [0.15, 0.2) is 11.5 Å². The monoisotopic (exact) mass is 250 g/mol. The maximum Gasteiger partial charge on any atom is 0.203 e. The van der Waals surface area contributed by atoms with Crippen molar-refractivity contribution in [3.63, 3.8) is 0 Å². The van der Waals surface area contributed by atoms with Crippen LogP contribution in [-0.4, -0.2) is 27.1 Å². The Morgan fingerprint density at radius 3 is 2.06 bits per heavy atom. The average Bonchev–Trinajstić information content (AvgIpc) is 2.83. The summed E-state index contributed by atoms with van der Waals surface area (Å²) >= 11 is 0. The first-order valence-electron chi connectivity index (χ1n) is 6.01. The average molecular weight is 250 g/mol. The summed E-state index contributed by atoms with van der Waals surface area (Å²) in [6.45, 7) is 0. The molecule has 0 saturated heterocycles. The number of carbonyl (C=O) groups is 1. The number of methoxy groups -OCH3 is 3. The van der Waals surface area contributed by atoms with Gasteiger partial charge in [-0.3, -0.25) is 4.79 Å². The molecule has 0 N–H and O–H groups in total. The smallest absolute Gasteiger partial charge is 0.203 e. The highest BCUT2D eigenvalue weighted by atomic mass is 16.5. The molecule has 1 aliphatic rings. The van der Waals surface area contributed by atoms with Crippen LogP contribution in [0.2, 0.25) is 0 Å². The first kappa shape index (κ1) is 12.7. The summed E-state index contributed by atoms with van der Waals surface area (Å²) in [7, 11) is 4.78. The fourth-order valence-corrected chi connectivity index (χ4v) is 2.44. The van der Waals surface area contributed by atoms with Crippen LogP contribution in [0.5, 0.6) is 17.2 Å². The fraction of sp³-hybridized carbons (Fsp3) is 0.500. The lowest BCUT2D eigenvalue weighted by Gasteiger charge is -2.16. The molecular formula is C14H18O4. The summed E-state index contributed by atoms with van der Waals surface area (Å²) in [5, 5.41) is 0. The van der Waals surface area contributed by atoms with Gasteiger partial charge in [-0.15, -0.1) is 0 Å². The molecule has 4 heteroatoms. The summed E-state index contributed by atoms with van der Waals surface area (Å²) in [5.41, 5.74) is 1.08. The highest BCUT2D eigenvalue weighted by Gasteiger charge is 2.26. The number of hydrogen-bond donors (Lipinski definition) is 0. The van der Waals surface area contributed by atoms with Crippen molar-refractivity contribution in [1.82, 2.24) is 0 Å². The van der Waals surface area contributed by atoms with Crippen molar-refractivity contribution in [2.45, 2.75) is 25.2 Å². The number of Topliss-reactive ketones (excluding diaryl/α,β-unsaturated/α-hetero) is 1. The van der Waals surface area contributed by atoms with Crippen LogP contribution in [0.3, 0.4) is 0 Å². The Morgan fingerprint density at radius 2 is 1.67 bits per heavy atom. The molecule has 1 unspecified atom stereocenters. The SMILES string of the molecule is COc1cc(C2CCC(=O)C2)cc(OC)c1OC. The van der Waals surface area contributed by atoms with Gasteiger partial charge in [0.1, 0.15) is 5.78 Å². The Bertz CT molecular complexity index is 428. The molecule has 98 valence electrons. The standard InChI is InChI=1S/C14H18O4/c1-16-12-7-10(9-4-5-11(15)6-9)8-13(17-2)14(12)18-3/h7-9H,4-6H2,1-3H3. The Hall–Kier alpha value is -1.71. The predicted molar refractivity (Wildman–Crippen MR) is 67.7 cm³/mol. The highest BCUT2D eigenvalue weighted by Crippen LogP contribution is 2.42. The quantitative estimate of drug-likeness (QED) is 0.823. The molecule has 0 aliphatic heterocycles. The van der Waals surface area contributed by atoms with Gasteiger partial charge in [-0.1, -0.05) is 0 Å². The van der Waals surface area contributed by atoms with Crippen LogP contribution in [0.1, 0.15) is 30.7 Å². The molecule has 0 radical (unpaired) electrons. The molecule has 0 heterocycles. The zero-order chi connectivity index (χ0) is 13.1. The molecule has 1 atom stereocenters. The van der Waals surface area contributed by atoms with Crippen LogP contribution in [0.25, 0.3) is 0 Å². The van der Waals surface area contributed by atoms with Crippen molar-refractivity contribution in [1.29, 1.82) is 0 Å². The molecule has 18 heavy (non-hydrogen) atoms. The second-order valence-electron chi connectivity index (χ2n) is 4.44. The molecule has 0 spiro atoms. The molecule has 1 fully saturated rings. The Morgan fingerprint density at radius 1 is 1.06 bits per heavy atom. The Balaban J connectivity index is 2.40. The van der Waals surface area contributed by atoms with E-state index < -0.39 is 0 Å². The summed E-state index contributed by atoms with van der Waals surface area (Å²) in [6, 6.07) is 3.87. The van der Waals surface area contributed by atoms with Crippen LogP contribution < -0.4 is 14.2 Å².